The minimum absolute atomic E-state index is 0.00407. The quantitative estimate of drug-likeness (QED) is 0.879. The first-order chi connectivity index (χ1) is 8.11. The van der Waals surface area contributed by atoms with E-state index in [1.807, 2.05) is 0 Å². The Labute approximate surface area is 103 Å². The molecule has 0 spiro atoms. The summed E-state index contributed by atoms with van der Waals surface area (Å²) in [6.07, 6.45) is 0. The number of benzene rings is 2. The lowest BCUT2D eigenvalue weighted by molar-refractivity contribution is 0.386. The molecule has 0 aliphatic heterocycles. The molecular weight excluding hydrogens is 243 g/mol. The van der Waals surface area contributed by atoms with Crippen LogP contribution >= 0.6 is 11.6 Å². The zero-order valence-corrected chi connectivity index (χ0v) is 9.83. The summed E-state index contributed by atoms with van der Waals surface area (Å²) in [5, 5.41) is 9.54. The first kappa shape index (κ1) is 11.7. The number of rotatable bonds is 2. The van der Waals surface area contributed by atoms with Gasteiger partial charge in [0.15, 0.2) is 11.6 Å². The normalized spacial score (nSPS) is 10.3. The minimum atomic E-state index is -0.436. The Bertz CT molecular complexity index is 555. The van der Waals surface area contributed by atoms with Crippen molar-refractivity contribution in [3.8, 4) is 22.6 Å². The number of ether oxygens (including phenoxy) is 1. The number of halogens is 2. The van der Waals surface area contributed by atoms with Crippen molar-refractivity contribution >= 4 is 11.6 Å². The maximum Gasteiger partial charge on any atom is 0.165 e. The van der Waals surface area contributed by atoms with Gasteiger partial charge in [-0.3, -0.25) is 0 Å². The molecule has 2 rings (SSSR count). The summed E-state index contributed by atoms with van der Waals surface area (Å²) >= 11 is 5.79. The van der Waals surface area contributed by atoms with Crippen LogP contribution in [0.4, 0.5) is 4.39 Å². The van der Waals surface area contributed by atoms with Gasteiger partial charge in [0.05, 0.1) is 12.1 Å². The number of phenols is 1. The molecule has 1 N–H and O–H groups in total. The summed E-state index contributed by atoms with van der Waals surface area (Å²) in [7, 11) is 1.41. The van der Waals surface area contributed by atoms with E-state index in [4.69, 9.17) is 16.3 Å². The standard InChI is InChI=1S/C13H10ClFO2/c1-17-13-5-3-9(7-11(13)15)8-2-4-12(16)10(14)6-8/h2-7,16H,1H3. The largest absolute Gasteiger partial charge is 0.506 e. The van der Waals surface area contributed by atoms with Crippen LogP contribution in [0.1, 0.15) is 0 Å². The molecule has 2 nitrogen and oxygen atoms in total. The Kier molecular flexibility index (Phi) is 3.20. The lowest BCUT2D eigenvalue weighted by Gasteiger charge is -2.06. The number of hydrogen-bond acceptors (Lipinski definition) is 2. The molecule has 0 atom stereocenters. The zero-order valence-electron chi connectivity index (χ0n) is 9.08. The molecule has 0 saturated carbocycles. The van der Waals surface area contributed by atoms with Crippen LogP contribution in [0, 0.1) is 5.82 Å². The van der Waals surface area contributed by atoms with Crippen molar-refractivity contribution in [3.05, 3.63) is 47.2 Å². The van der Waals surface area contributed by atoms with Crippen molar-refractivity contribution < 1.29 is 14.2 Å². The summed E-state index contributed by atoms with van der Waals surface area (Å²) < 4.78 is 18.3. The molecule has 0 fully saturated rings. The van der Waals surface area contributed by atoms with Crippen molar-refractivity contribution in [1.82, 2.24) is 0 Å². The molecule has 0 aromatic heterocycles. The summed E-state index contributed by atoms with van der Waals surface area (Å²) in [6.45, 7) is 0. The molecule has 0 bridgehead atoms. The monoisotopic (exact) mass is 252 g/mol. The van der Waals surface area contributed by atoms with E-state index in [1.54, 1.807) is 24.3 Å². The molecule has 0 unspecified atom stereocenters. The van der Waals surface area contributed by atoms with Crippen LogP contribution in [0.2, 0.25) is 5.02 Å². The van der Waals surface area contributed by atoms with Crippen LogP contribution in [-0.4, -0.2) is 12.2 Å². The van der Waals surface area contributed by atoms with Gasteiger partial charge in [-0.2, -0.15) is 0 Å². The molecule has 0 aliphatic carbocycles. The van der Waals surface area contributed by atoms with Crippen LogP contribution in [0.3, 0.4) is 0 Å². The van der Waals surface area contributed by atoms with Crippen molar-refractivity contribution in [2.24, 2.45) is 0 Å². The average Bonchev–Trinajstić information content (AvgIpc) is 2.32. The smallest absolute Gasteiger partial charge is 0.165 e. The zero-order chi connectivity index (χ0) is 12.4. The van der Waals surface area contributed by atoms with Crippen LogP contribution in [0.15, 0.2) is 36.4 Å². The lowest BCUT2D eigenvalue weighted by Crippen LogP contribution is -1.88. The molecule has 2 aromatic carbocycles. The summed E-state index contributed by atoms with van der Waals surface area (Å²) in [5.74, 6) is -0.239. The molecule has 88 valence electrons. The molecule has 0 amide bonds. The van der Waals surface area contributed by atoms with E-state index >= 15 is 0 Å². The molecule has 0 heterocycles. The molecular formula is C13H10ClFO2. The van der Waals surface area contributed by atoms with Gasteiger partial charge < -0.3 is 9.84 Å². The average molecular weight is 253 g/mol. The number of methoxy groups -OCH3 is 1. The first-order valence-electron chi connectivity index (χ1n) is 4.94. The van der Waals surface area contributed by atoms with E-state index in [0.717, 1.165) is 5.56 Å². The predicted octanol–water partition coefficient (Wildman–Crippen LogP) is 3.86. The van der Waals surface area contributed by atoms with Crippen LogP contribution in [0.5, 0.6) is 11.5 Å². The first-order valence-corrected chi connectivity index (χ1v) is 5.32. The molecule has 4 heteroatoms. The number of hydrogen-bond donors (Lipinski definition) is 1. The Hall–Kier alpha value is -1.74. The Morgan fingerprint density at radius 2 is 1.76 bits per heavy atom. The third-order valence-corrected chi connectivity index (χ3v) is 2.74. The summed E-state index contributed by atoms with van der Waals surface area (Å²) in [4.78, 5) is 0. The maximum absolute atomic E-state index is 13.5. The van der Waals surface area contributed by atoms with Gasteiger partial charge in [-0.15, -0.1) is 0 Å². The highest BCUT2D eigenvalue weighted by molar-refractivity contribution is 6.32. The lowest BCUT2D eigenvalue weighted by atomic mass is 10.1. The maximum atomic E-state index is 13.5. The minimum Gasteiger partial charge on any atom is -0.506 e. The van der Waals surface area contributed by atoms with Gasteiger partial charge in [-0.1, -0.05) is 23.7 Å². The van der Waals surface area contributed by atoms with Crippen molar-refractivity contribution in [2.75, 3.05) is 7.11 Å². The van der Waals surface area contributed by atoms with E-state index in [2.05, 4.69) is 0 Å². The Balaban J connectivity index is 2.46. The van der Waals surface area contributed by atoms with Gasteiger partial charge in [0.2, 0.25) is 0 Å². The van der Waals surface area contributed by atoms with Crippen LogP contribution in [0.25, 0.3) is 11.1 Å². The number of aromatic hydroxyl groups is 1. The van der Waals surface area contributed by atoms with Crippen molar-refractivity contribution in [2.45, 2.75) is 0 Å². The van der Waals surface area contributed by atoms with Gasteiger partial charge in [-0.05, 0) is 35.4 Å². The van der Waals surface area contributed by atoms with Crippen LogP contribution < -0.4 is 4.74 Å². The molecule has 0 aliphatic rings. The second kappa shape index (κ2) is 4.63. The van der Waals surface area contributed by atoms with E-state index in [9.17, 15) is 9.50 Å². The van der Waals surface area contributed by atoms with E-state index < -0.39 is 5.82 Å². The highest BCUT2D eigenvalue weighted by atomic mass is 35.5. The Morgan fingerprint density at radius 3 is 2.35 bits per heavy atom. The fraction of sp³-hybridized carbons (Fsp3) is 0.0769. The second-order valence-corrected chi connectivity index (χ2v) is 3.92. The number of phenolic OH excluding ortho intramolecular Hbond substituents is 1. The van der Waals surface area contributed by atoms with Crippen molar-refractivity contribution in [1.29, 1.82) is 0 Å². The van der Waals surface area contributed by atoms with Gasteiger partial charge in [0.25, 0.3) is 0 Å². The van der Waals surface area contributed by atoms with Gasteiger partial charge in [0.1, 0.15) is 5.75 Å². The van der Waals surface area contributed by atoms with E-state index in [-0.39, 0.29) is 16.5 Å². The third kappa shape index (κ3) is 2.34. The molecule has 0 saturated heterocycles. The summed E-state index contributed by atoms with van der Waals surface area (Å²) in [6, 6.07) is 9.36. The third-order valence-electron chi connectivity index (χ3n) is 2.43. The molecule has 2 aromatic rings. The Morgan fingerprint density at radius 1 is 1.12 bits per heavy atom. The highest BCUT2D eigenvalue weighted by Gasteiger charge is 2.06. The van der Waals surface area contributed by atoms with E-state index in [0.29, 0.717) is 5.56 Å². The predicted molar refractivity (Wildman–Crippen MR) is 65.1 cm³/mol. The SMILES string of the molecule is COc1ccc(-c2ccc(O)c(Cl)c2)cc1F. The molecule has 0 radical (unpaired) electrons. The molecule has 17 heavy (non-hydrogen) atoms. The van der Waals surface area contributed by atoms with Gasteiger partial charge >= 0.3 is 0 Å². The van der Waals surface area contributed by atoms with Crippen molar-refractivity contribution in [3.63, 3.8) is 0 Å². The van der Waals surface area contributed by atoms with Crippen LogP contribution in [-0.2, 0) is 0 Å². The summed E-state index contributed by atoms with van der Waals surface area (Å²) in [5.41, 5.74) is 1.40. The topological polar surface area (TPSA) is 29.5 Å². The van der Waals surface area contributed by atoms with E-state index in [1.165, 1.54) is 19.2 Å². The highest BCUT2D eigenvalue weighted by Crippen LogP contribution is 2.31. The van der Waals surface area contributed by atoms with Gasteiger partial charge in [-0.25, -0.2) is 4.39 Å². The van der Waals surface area contributed by atoms with Gasteiger partial charge in [0, 0.05) is 0 Å². The second-order valence-electron chi connectivity index (χ2n) is 3.52. The fourth-order valence-corrected chi connectivity index (χ4v) is 1.71. The fourth-order valence-electron chi connectivity index (χ4n) is 1.53.